The summed E-state index contributed by atoms with van der Waals surface area (Å²) in [6, 6.07) is 15.5. The van der Waals surface area contributed by atoms with E-state index in [0.29, 0.717) is 6.54 Å². The minimum atomic E-state index is -0.301. The summed E-state index contributed by atoms with van der Waals surface area (Å²) in [5.41, 5.74) is 3.94. The zero-order valence-electron chi connectivity index (χ0n) is 17.6. The lowest BCUT2D eigenvalue weighted by Gasteiger charge is -2.33. The molecule has 0 aliphatic carbocycles. The van der Waals surface area contributed by atoms with E-state index >= 15 is 0 Å². The van der Waals surface area contributed by atoms with Crippen LogP contribution >= 0.6 is 0 Å². The molecule has 30 heavy (non-hydrogen) atoms. The summed E-state index contributed by atoms with van der Waals surface area (Å²) < 4.78 is 5.97. The zero-order chi connectivity index (χ0) is 21.3. The van der Waals surface area contributed by atoms with E-state index in [1.807, 2.05) is 61.7 Å². The van der Waals surface area contributed by atoms with Crippen molar-refractivity contribution in [3.8, 4) is 0 Å². The number of hydrogen-bond donors (Lipinski definition) is 0. The van der Waals surface area contributed by atoms with E-state index in [0.717, 1.165) is 39.8 Å². The highest BCUT2D eigenvalue weighted by Gasteiger charge is 2.29. The van der Waals surface area contributed by atoms with E-state index in [-0.39, 0.29) is 24.3 Å². The lowest BCUT2D eigenvalue weighted by Crippen LogP contribution is -2.35. The summed E-state index contributed by atoms with van der Waals surface area (Å²) in [5, 5.41) is 1.05. The molecule has 0 saturated heterocycles. The van der Waals surface area contributed by atoms with Crippen LogP contribution in [0.4, 0.5) is 0 Å². The number of fused-ring (bicyclic) bond motifs is 2. The number of carbonyl (C=O) groups excluding carboxylic acids is 2. The highest BCUT2D eigenvalue weighted by atomic mass is 16.3. The van der Waals surface area contributed by atoms with Gasteiger partial charge in [0.1, 0.15) is 11.3 Å². The average Bonchev–Trinajstić information content (AvgIpc) is 3.11. The van der Waals surface area contributed by atoms with Crippen LogP contribution in [0.1, 0.15) is 48.8 Å². The van der Waals surface area contributed by atoms with E-state index in [4.69, 9.17) is 4.42 Å². The number of carbonyl (C=O) groups is 2. The van der Waals surface area contributed by atoms with Gasteiger partial charge in [-0.3, -0.25) is 9.59 Å². The zero-order valence-corrected chi connectivity index (χ0v) is 17.6. The Balaban J connectivity index is 1.58. The Hall–Kier alpha value is -3.34. The number of aryl methyl sites for hydroxylation is 1. The van der Waals surface area contributed by atoms with Crippen molar-refractivity contribution in [3.05, 3.63) is 77.2 Å². The van der Waals surface area contributed by atoms with Crippen LogP contribution in [0.3, 0.4) is 0 Å². The largest absolute Gasteiger partial charge is 0.461 e. The van der Waals surface area contributed by atoms with Crippen LogP contribution in [0.15, 0.2) is 59.1 Å². The molecule has 0 bridgehead atoms. The molecule has 0 fully saturated rings. The topological polar surface area (TPSA) is 53.8 Å². The minimum Gasteiger partial charge on any atom is -0.461 e. The Morgan fingerprint density at radius 3 is 2.60 bits per heavy atom. The monoisotopic (exact) mass is 402 g/mol. The molecule has 1 aliphatic heterocycles. The van der Waals surface area contributed by atoms with Crippen molar-refractivity contribution in [1.82, 2.24) is 9.80 Å². The van der Waals surface area contributed by atoms with Gasteiger partial charge in [-0.1, -0.05) is 49.4 Å². The van der Waals surface area contributed by atoms with E-state index in [1.54, 1.807) is 16.0 Å². The average molecular weight is 402 g/mol. The Morgan fingerprint density at radius 2 is 1.83 bits per heavy atom. The molecule has 3 aromatic rings. The van der Waals surface area contributed by atoms with Crippen molar-refractivity contribution in [2.75, 3.05) is 7.05 Å². The van der Waals surface area contributed by atoms with Gasteiger partial charge in [-0.25, -0.2) is 0 Å². The summed E-state index contributed by atoms with van der Waals surface area (Å²) in [6.07, 6.45) is 4.70. The molecule has 5 nitrogen and oxygen atoms in total. The summed E-state index contributed by atoms with van der Waals surface area (Å²) in [6.45, 7) is 4.06. The van der Waals surface area contributed by atoms with E-state index in [9.17, 15) is 9.59 Å². The van der Waals surface area contributed by atoms with Gasteiger partial charge < -0.3 is 14.2 Å². The fourth-order valence-electron chi connectivity index (χ4n) is 4.17. The molecule has 0 radical (unpaired) electrons. The number of amides is 2. The van der Waals surface area contributed by atoms with E-state index < -0.39 is 0 Å². The maximum absolute atomic E-state index is 13.2. The van der Waals surface area contributed by atoms with Crippen molar-refractivity contribution in [1.29, 1.82) is 0 Å². The molecule has 1 unspecified atom stereocenters. The first-order chi connectivity index (χ1) is 14.5. The van der Waals surface area contributed by atoms with Gasteiger partial charge in [-0.15, -0.1) is 0 Å². The maximum Gasteiger partial charge on any atom is 0.225 e. The summed E-state index contributed by atoms with van der Waals surface area (Å²) in [4.78, 5) is 28.8. The molecule has 154 valence electrons. The molecular weight excluding hydrogens is 376 g/mol. The first kappa shape index (κ1) is 20.0. The third-order valence-corrected chi connectivity index (χ3v) is 5.76. The first-order valence-corrected chi connectivity index (χ1v) is 10.3. The number of rotatable bonds is 5. The highest BCUT2D eigenvalue weighted by molar-refractivity contribution is 5.84. The Labute approximate surface area is 176 Å². The molecule has 2 aromatic carbocycles. The van der Waals surface area contributed by atoms with E-state index in [1.165, 1.54) is 6.92 Å². The van der Waals surface area contributed by atoms with Gasteiger partial charge >= 0.3 is 0 Å². The molecule has 0 spiro atoms. The van der Waals surface area contributed by atoms with Crippen LogP contribution < -0.4 is 0 Å². The quantitative estimate of drug-likeness (QED) is 0.609. The van der Waals surface area contributed by atoms with Gasteiger partial charge in [0.2, 0.25) is 11.8 Å². The van der Waals surface area contributed by atoms with Gasteiger partial charge in [-0.05, 0) is 23.3 Å². The van der Waals surface area contributed by atoms with Crippen molar-refractivity contribution in [2.45, 2.75) is 39.3 Å². The number of hydrogen-bond acceptors (Lipinski definition) is 3. The Morgan fingerprint density at radius 1 is 1.10 bits per heavy atom. The first-order valence-electron chi connectivity index (χ1n) is 10.3. The van der Waals surface area contributed by atoms with Crippen molar-refractivity contribution in [3.63, 3.8) is 0 Å². The Bertz CT molecular complexity index is 1130. The highest BCUT2D eigenvalue weighted by Crippen LogP contribution is 2.34. The van der Waals surface area contributed by atoms with Crippen molar-refractivity contribution in [2.24, 2.45) is 0 Å². The smallest absolute Gasteiger partial charge is 0.225 e. The summed E-state index contributed by atoms with van der Waals surface area (Å²) >= 11 is 0. The molecular formula is C25H26N2O3. The predicted molar refractivity (Wildman–Crippen MR) is 117 cm³/mol. The third kappa shape index (κ3) is 3.63. The van der Waals surface area contributed by atoms with Crippen molar-refractivity contribution < 1.29 is 14.0 Å². The molecule has 1 aliphatic rings. The number of para-hydroxylation sites is 1. The molecule has 1 aromatic heterocycles. The van der Waals surface area contributed by atoms with Gasteiger partial charge in [0.25, 0.3) is 0 Å². The molecule has 0 saturated carbocycles. The molecule has 4 rings (SSSR count). The molecule has 5 heteroatoms. The second kappa shape index (κ2) is 8.19. The van der Waals surface area contributed by atoms with Gasteiger partial charge in [0.05, 0.1) is 12.5 Å². The second-order valence-corrected chi connectivity index (χ2v) is 7.69. The fourth-order valence-corrected chi connectivity index (χ4v) is 4.17. The number of benzene rings is 2. The molecule has 1 atom stereocenters. The van der Waals surface area contributed by atoms with Crippen LogP contribution in [0.2, 0.25) is 0 Å². The molecule has 2 amide bonds. The minimum absolute atomic E-state index is 0.0105. The van der Waals surface area contributed by atoms with Gasteiger partial charge in [-0.2, -0.15) is 0 Å². The number of nitrogens with zero attached hydrogens (tertiary/aromatic N) is 2. The van der Waals surface area contributed by atoms with Crippen LogP contribution in [0, 0.1) is 0 Å². The van der Waals surface area contributed by atoms with E-state index in [2.05, 4.69) is 6.92 Å². The lowest BCUT2D eigenvalue weighted by molar-refractivity contribution is -0.134. The predicted octanol–water partition coefficient (Wildman–Crippen LogP) is 4.92. The molecule has 0 N–H and O–H groups in total. The van der Waals surface area contributed by atoms with Crippen LogP contribution in [-0.4, -0.2) is 28.7 Å². The second-order valence-electron chi connectivity index (χ2n) is 7.69. The van der Waals surface area contributed by atoms with Crippen LogP contribution in [0.25, 0.3) is 17.0 Å². The lowest BCUT2D eigenvalue weighted by atomic mass is 9.93. The summed E-state index contributed by atoms with van der Waals surface area (Å²) in [5.74, 6) is 0.825. The van der Waals surface area contributed by atoms with Crippen LogP contribution in [0.5, 0.6) is 0 Å². The fraction of sp³-hybridized carbons (Fsp3) is 0.280. The summed E-state index contributed by atoms with van der Waals surface area (Å²) in [7, 11) is 1.81. The number of furan rings is 1. The van der Waals surface area contributed by atoms with Gasteiger partial charge in [0.15, 0.2) is 0 Å². The Kier molecular flexibility index (Phi) is 5.44. The third-order valence-electron chi connectivity index (χ3n) is 5.76. The van der Waals surface area contributed by atoms with Gasteiger partial charge in [0, 0.05) is 44.1 Å². The maximum atomic E-state index is 13.2. The standard InChI is InChI=1S/C25H26N2O3/c1-4-23-21(20-11-7-8-12-24(20)30-23)16-26(3)25(29)15-22-19-10-6-5-9-18(19)13-14-27(22)17(2)28/h5-14,22H,4,15-16H2,1-3H3. The van der Waals surface area contributed by atoms with Crippen LogP contribution in [-0.2, 0) is 22.6 Å². The normalized spacial score (nSPS) is 15.3. The molecule has 2 heterocycles. The van der Waals surface area contributed by atoms with Crippen molar-refractivity contribution >= 4 is 28.9 Å². The SMILES string of the molecule is CCc1oc2ccccc2c1CN(C)C(=O)CC1c2ccccc2C=CN1C(C)=O.